The fourth-order valence-electron chi connectivity index (χ4n) is 1.18. The van der Waals surface area contributed by atoms with Crippen molar-refractivity contribution in [1.82, 2.24) is 0 Å². The summed E-state index contributed by atoms with van der Waals surface area (Å²) in [5.74, 6) is -1.32. The van der Waals surface area contributed by atoms with Gasteiger partial charge in [0.15, 0.2) is 6.10 Å². The number of benzene rings is 1. The van der Waals surface area contributed by atoms with Crippen molar-refractivity contribution >= 4 is 5.97 Å². The minimum Gasteiger partial charge on any atom is -0.479 e. The first-order valence-electron chi connectivity index (χ1n) is 3.97. The van der Waals surface area contributed by atoms with Crippen LogP contribution >= 0.6 is 0 Å². The highest BCUT2D eigenvalue weighted by atomic mass is 16.4. The molecule has 72 valence electrons. The molecular formula is C10H9NO3. The average molecular weight is 191 g/mol. The van der Waals surface area contributed by atoms with E-state index in [1.165, 1.54) is 6.07 Å². The van der Waals surface area contributed by atoms with Gasteiger partial charge in [0, 0.05) is 0 Å². The summed E-state index contributed by atoms with van der Waals surface area (Å²) in [7, 11) is 0. The Labute approximate surface area is 81.0 Å². The smallest absolute Gasteiger partial charge is 0.337 e. The average Bonchev–Trinajstić information content (AvgIpc) is 2.15. The normalized spacial score (nSPS) is 11.8. The molecule has 4 heteroatoms. The molecule has 0 fully saturated rings. The van der Waals surface area contributed by atoms with Gasteiger partial charge in [0.05, 0.1) is 11.6 Å². The minimum absolute atomic E-state index is 0.231. The Morgan fingerprint density at radius 3 is 2.64 bits per heavy atom. The van der Waals surface area contributed by atoms with E-state index in [1.807, 2.05) is 6.07 Å². The highest BCUT2D eigenvalue weighted by Gasteiger charge is 2.16. The summed E-state index contributed by atoms with van der Waals surface area (Å²) in [4.78, 5) is 10.5. The third-order valence-electron chi connectivity index (χ3n) is 1.78. The van der Waals surface area contributed by atoms with Gasteiger partial charge in [-0.05, 0) is 30.2 Å². The third-order valence-corrected chi connectivity index (χ3v) is 1.78. The van der Waals surface area contributed by atoms with E-state index in [0.717, 1.165) is 5.56 Å². The van der Waals surface area contributed by atoms with Crippen molar-refractivity contribution in [1.29, 1.82) is 5.26 Å². The number of carbonyl (C=O) groups is 1. The predicted molar refractivity (Wildman–Crippen MR) is 48.5 cm³/mol. The van der Waals surface area contributed by atoms with E-state index in [0.29, 0.717) is 5.56 Å². The molecular weight excluding hydrogens is 182 g/mol. The first-order chi connectivity index (χ1) is 6.54. The highest BCUT2D eigenvalue weighted by molar-refractivity contribution is 5.74. The number of hydrogen-bond acceptors (Lipinski definition) is 3. The second-order valence-electron chi connectivity index (χ2n) is 2.98. The van der Waals surface area contributed by atoms with Crippen molar-refractivity contribution in [2.24, 2.45) is 0 Å². The molecule has 0 radical (unpaired) electrons. The zero-order valence-electron chi connectivity index (χ0n) is 7.56. The summed E-state index contributed by atoms with van der Waals surface area (Å²) in [5, 5.41) is 26.4. The second-order valence-corrected chi connectivity index (χ2v) is 2.98. The van der Waals surface area contributed by atoms with Crippen molar-refractivity contribution in [3.05, 3.63) is 34.9 Å². The fraction of sp³-hybridized carbons (Fsp3) is 0.200. The highest BCUT2D eigenvalue weighted by Crippen LogP contribution is 2.16. The van der Waals surface area contributed by atoms with Gasteiger partial charge >= 0.3 is 5.97 Å². The van der Waals surface area contributed by atoms with Crippen molar-refractivity contribution in [2.75, 3.05) is 0 Å². The number of hydrogen-bond donors (Lipinski definition) is 2. The van der Waals surface area contributed by atoms with Gasteiger partial charge in [0.25, 0.3) is 0 Å². The van der Waals surface area contributed by atoms with Crippen LogP contribution in [-0.2, 0) is 4.79 Å². The lowest BCUT2D eigenvalue weighted by molar-refractivity contribution is -0.146. The molecule has 1 atom stereocenters. The molecule has 0 aliphatic rings. The monoisotopic (exact) mass is 191 g/mol. The van der Waals surface area contributed by atoms with E-state index in [4.69, 9.17) is 10.4 Å². The molecule has 0 saturated heterocycles. The van der Waals surface area contributed by atoms with Crippen LogP contribution in [0, 0.1) is 18.3 Å². The number of aliphatic carboxylic acids is 1. The summed E-state index contributed by atoms with van der Waals surface area (Å²) >= 11 is 0. The summed E-state index contributed by atoms with van der Waals surface area (Å²) < 4.78 is 0. The molecule has 4 nitrogen and oxygen atoms in total. The molecule has 0 aliphatic heterocycles. The molecule has 0 aromatic heterocycles. The third kappa shape index (κ3) is 2.09. The lowest BCUT2D eigenvalue weighted by Gasteiger charge is -2.06. The summed E-state index contributed by atoms with van der Waals surface area (Å²) in [6, 6.07) is 6.43. The maximum atomic E-state index is 10.5. The van der Waals surface area contributed by atoms with Gasteiger partial charge in [-0.3, -0.25) is 0 Å². The molecule has 0 aliphatic carbocycles. The van der Waals surface area contributed by atoms with Crippen LogP contribution in [0.5, 0.6) is 0 Å². The maximum absolute atomic E-state index is 10.5. The number of aryl methyl sites for hydroxylation is 1. The molecule has 0 bridgehead atoms. The molecule has 0 spiro atoms. The molecule has 2 N–H and O–H groups in total. The topological polar surface area (TPSA) is 81.3 Å². The molecule has 0 amide bonds. The number of rotatable bonds is 2. The van der Waals surface area contributed by atoms with Crippen LogP contribution < -0.4 is 0 Å². The molecule has 1 rings (SSSR count). The Hall–Kier alpha value is -1.86. The standard InChI is InChI=1S/C10H9NO3/c1-6-2-7(5-11)4-8(3-6)9(12)10(13)14/h2-4,9,12H,1H3,(H,13,14). The predicted octanol–water partition coefficient (Wildman–Crippen LogP) is 0.985. The van der Waals surface area contributed by atoms with Crippen molar-refractivity contribution < 1.29 is 15.0 Å². The zero-order valence-corrected chi connectivity index (χ0v) is 7.56. The van der Waals surface area contributed by atoms with Gasteiger partial charge in [-0.25, -0.2) is 4.79 Å². The summed E-state index contributed by atoms with van der Waals surface area (Å²) in [6.45, 7) is 1.74. The van der Waals surface area contributed by atoms with Gasteiger partial charge in [-0.1, -0.05) is 6.07 Å². The summed E-state index contributed by atoms with van der Waals surface area (Å²) in [6.07, 6.45) is -1.57. The summed E-state index contributed by atoms with van der Waals surface area (Å²) in [5.41, 5.74) is 1.33. The van der Waals surface area contributed by atoms with Crippen LogP contribution in [0.4, 0.5) is 0 Å². The fourth-order valence-corrected chi connectivity index (χ4v) is 1.18. The molecule has 0 heterocycles. The number of nitriles is 1. The van der Waals surface area contributed by atoms with Crippen LogP contribution in [0.3, 0.4) is 0 Å². The minimum atomic E-state index is -1.57. The van der Waals surface area contributed by atoms with Gasteiger partial charge in [0.1, 0.15) is 0 Å². The van der Waals surface area contributed by atoms with Crippen LogP contribution in [0.2, 0.25) is 0 Å². The van der Waals surface area contributed by atoms with E-state index in [1.54, 1.807) is 19.1 Å². The van der Waals surface area contributed by atoms with Gasteiger partial charge in [-0.15, -0.1) is 0 Å². The van der Waals surface area contributed by atoms with E-state index in [9.17, 15) is 9.90 Å². The van der Waals surface area contributed by atoms with E-state index in [2.05, 4.69) is 0 Å². The molecule has 0 saturated carbocycles. The second kappa shape index (κ2) is 3.90. The van der Waals surface area contributed by atoms with Crippen molar-refractivity contribution in [2.45, 2.75) is 13.0 Å². The lowest BCUT2D eigenvalue weighted by atomic mass is 10.0. The van der Waals surface area contributed by atoms with Gasteiger partial charge in [-0.2, -0.15) is 5.26 Å². The zero-order chi connectivity index (χ0) is 10.7. The molecule has 1 aromatic carbocycles. The quantitative estimate of drug-likeness (QED) is 0.730. The number of carboxylic acid groups (broad SMARTS) is 1. The first kappa shape index (κ1) is 10.2. The van der Waals surface area contributed by atoms with Crippen LogP contribution in [0.25, 0.3) is 0 Å². The Bertz CT molecular complexity index is 406. The van der Waals surface area contributed by atoms with Gasteiger partial charge in [0.2, 0.25) is 0 Å². The molecule has 1 unspecified atom stereocenters. The SMILES string of the molecule is Cc1cc(C#N)cc(C(O)C(=O)O)c1. The Balaban J connectivity index is 3.17. The van der Waals surface area contributed by atoms with Crippen LogP contribution in [-0.4, -0.2) is 16.2 Å². The van der Waals surface area contributed by atoms with Gasteiger partial charge < -0.3 is 10.2 Å². The number of carboxylic acids is 1. The van der Waals surface area contributed by atoms with E-state index in [-0.39, 0.29) is 5.56 Å². The number of aliphatic hydroxyl groups excluding tert-OH is 1. The van der Waals surface area contributed by atoms with Crippen LogP contribution in [0.15, 0.2) is 18.2 Å². The van der Waals surface area contributed by atoms with Crippen molar-refractivity contribution in [3.8, 4) is 6.07 Å². The Morgan fingerprint density at radius 1 is 1.50 bits per heavy atom. The Kier molecular flexibility index (Phi) is 2.85. The maximum Gasteiger partial charge on any atom is 0.337 e. The van der Waals surface area contributed by atoms with E-state index >= 15 is 0 Å². The number of aliphatic hydroxyl groups is 1. The largest absolute Gasteiger partial charge is 0.479 e. The molecule has 14 heavy (non-hydrogen) atoms. The molecule has 1 aromatic rings. The lowest BCUT2D eigenvalue weighted by Crippen LogP contribution is -2.10. The van der Waals surface area contributed by atoms with Crippen LogP contribution in [0.1, 0.15) is 22.8 Å². The van der Waals surface area contributed by atoms with Crippen molar-refractivity contribution in [3.63, 3.8) is 0 Å². The first-order valence-corrected chi connectivity index (χ1v) is 3.97. The number of nitrogens with zero attached hydrogens (tertiary/aromatic N) is 1. The Morgan fingerprint density at radius 2 is 2.14 bits per heavy atom. The van der Waals surface area contributed by atoms with E-state index < -0.39 is 12.1 Å².